The lowest BCUT2D eigenvalue weighted by Gasteiger charge is -2.02. The monoisotopic (exact) mass is 215 g/mol. The standard InChI is InChI=1S/C11H9N3O2/c1-2-6-11-10(5-1)12-13-14(11)16-8-9-4-3-7-15-9/h1-7H,8H2. The van der Waals surface area contributed by atoms with Gasteiger partial charge in [-0.1, -0.05) is 17.0 Å². The van der Waals surface area contributed by atoms with Crippen LogP contribution >= 0.6 is 0 Å². The number of nitrogens with zero attached hydrogens (tertiary/aromatic N) is 3. The Bertz CT molecular complexity index is 586. The second-order valence-corrected chi connectivity index (χ2v) is 3.30. The van der Waals surface area contributed by atoms with Gasteiger partial charge in [-0.15, -0.1) is 5.10 Å². The lowest BCUT2D eigenvalue weighted by molar-refractivity contribution is 0.0643. The topological polar surface area (TPSA) is 53.1 Å². The van der Waals surface area contributed by atoms with Gasteiger partial charge in [0.05, 0.1) is 6.26 Å². The van der Waals surface area contributed by atoms with Crippen LogP contribution in [0.1, 0.15) is 5.76 Å². The van der Waals surface area contributed by atoms with Crippen molar-refractivity contribution >= 4 is 11.0 Å². The van der Waals surface area contributed by atoms with Crippen LogP contribution in [0.5, 0.6) is 0 Å². The number of hydrogen-bond acceptors (Lipinski definition) is 4. The molecule has 0 aliphatic rings. The molecule has 0 aliphatic heterocycles. The second-order valence-electron chi connectivity index (χ2n) is 3.30. The molecule has 1 aromatic carbocycles. The molecule has 0 fully saturated rings. The molecule has 0 saturated heterocycles. The van der Waals surface area contributed by atoms with Crippen LogP contribution in [-0.2, 0) is 6.61 Å². The van der Waals surface area contributed by atoms with E-state index in [1.165, 1.54) is 4.85 Å². The van der Waals surface area contributed by atoms with Crippen molar-refractivity contribution in [3.8, 4) is 0 Å². The van der Waals surface area contributed by atoms with Crippen molar-refractivity contribution in [1.29, 1.82) is 0 Å². The summed E-state index contributed by atoms with van der Waals surface area (Å²) in [4.78, 5) is 6.85. The van der Waals surface area contributed by atoms with Crippen LogP contribution in [-0.4, -0.2) is 15.2 Å². The molecule has 2 heterocycles. The van der Waals surface area contributed by atoms with Crippen LogP contribution in [0.15, 0.2) is 47.1 Å². The first kappa shape index (κ1) is 8.96. The summed E-state index contributed by atoms with van der Waals surface area (Å²) >= 11 is 0. The maximum atomic E-state index is 5.45. The predicted molar refractivity (Wildman–Crippen MR) is 56.5 cm³/mol. The number of fused-ring (bicyclic) bond motifs is 1. The summed E-state index contributed by atoms with van der Waals surface area (Å²) < 4.78 is 5.16. The van der Waals surface area contributed by atoms with E-state index in [4.69, 9.17) is 9.25 Å². The van der Waals surface area contributed by atoms with E-state index in [1.807, 2.05) is 36.4 Å². The Morgan fingerprint density at radius 2 is 2.12 bits per heavy atom. The Morgan fingerprint density at radius 3 is 3.00 bits per heavy atom. The highest BCUT2D eigenvalue weighted by molar-refractivity contribution is 5.73. The third-order valence-electron chi connectivity index (χ3n) is 2.23. The van der Waals surface area contributed by atoms with Gasteiger partial charge in [-0.25, -0.2) is 0 Å². The van der Waals surface area contributed by atoms with Crippen LogP contribution in [0, 0.1) is 0 Å². The van der Waals surface area contributed by atoms with Gasteiger partial charge in [0, 0.05) is 0 Å². The Balaban J connectivity index is 1.84. The van der Waals surface area contributed by atoms with Gasteiger partial charge in [0.25, 0.3) is 0 Å². The zero-order valence-corrected chi connectivity index (χ0v) is 8.41. The fourth-order valence-electron chi connectivity index (χ4n) is 1.46. The predicted octanol–water partition coefficient (Wildman–Crippen LogP) is 1.65. The van der Waals surface area contributed by atoms with Crippen molar-refractivity contribution in [2.45, 2.75) is 6.61 Å². The highest BCUT2D eigenvalue weighted by Gasteiger charge is 2.04. The smallest absolute Gasteiger partial charge is 0.174 e. The van der Waals surface area contributed by atoms with Crippen molar-refractivity contribution in [3.63, 3.8) is 0 Å². The third-order valence-corrected chi connectivity index (χ3v) is 2.23. The van der Waals surface area contributed by atoms with Crippen LogP contribution in [0.4, 0.5) is 0 Å². The Kier molecular flexibility index (Phi) is 2.07. The minimum atomic E-state index is 0.334. The summed E-state index contributed by atoms with van der Waals surface area (Å²) in [6.45, 7) is 0.334. The lowest BCUT2D eigenvalue weighted by Crippen LogP contribution is -2.12. The number of benzene rings is 1. The molecule has 3 rings (SSSR count). The normalized spacial score (nSPS) is 10.8. The van der Waals surface area contributed by atoms with Gasteiger partial charge >= 0.3 is 0 Å². The largest absolute Gasteiger partial charge is 0.466 e. The molecule has 5 heteroatoms. The average molecular weight is 215 g/mol. The maximum Gasteiger partial charge on any atom is 0.174 e. The number of furan rings is 1. The molecular weight excluding hydrogens is 206 g/mol. The molecule has 16 heavy (non-hydrogen) atoms. The van der Waals surface area contributed by atoms with E-state index in [0.29, 0.717) is 6.61 Å². The molecule has 0 unspecified atom stereocenters. The van der Waals surface area contributed by atoms with E-state index in [9.17, 15) is 0 Å². The molecule has 0 spiro atoms. The summed E-state index contributed by atoms with van der Waals surface area (Å²) in [5.74, 6) is 0.750. The summed E-state index contributed by atoms with van der Waals surface area (Å²) in [5, 5.41) is 7.87. The van der Waals surface area contributed by atoms with Crippen molar-refractivity contribution in [1.82, 2.24) is 15.2 Å². The van der Waals surface area contributed by atoms with Crippen molar-refractivity contribution in [3.05, 3.63) is 48.4 Å². The molecule has 0 atom stereocenters. The zero-order valence-electron chi connectivity index (χ0n) is 8.41. The second kappa shape index (κ2) is 3.69. The van der Waals surface area contributed by atoms with Gasteiger partial charge < -0.3 is 9.25 Å². The molecule has 2 aromatic heterocycles. The first-order chi connectivity index (χ1) is 7.93. The van der Waals surface area contributed by atoms with Crippen LogP contribution in [0.3, 0.4) is 0 Å². The fraction of sp³-hybridized carbons (Fsp3) is 0.0909. The molecule has 0 radical (unpaired) electrons. The number of hydrogen-bond donors (Lipinski definition) is 0. The summed E-state index contributed by atoms with van der Waals surface area (Å²) in [5.41, 5.74) is 1.65. The highest BCUT2D eigenvalue weighted by atomic mass is 16.7. The summed E-state index contributed by atoms with van der Waals surface area (Å²) in [6.07, 6.45) is 1.61. The molecule has 0 bridgehead atoms. The Labute approximate surface area is 91.2 Å². The number of para-hydroxylation sites is 1. The Morgan fingerprint density at radius 1 is 1.19 bits per heavy atom. The maximum absolute atomic E-state index is 5.45. The first-order valence-electron chi connectivity index (χ1n) is 4.89. The van der Waals surface area contributed by atoms with Gasteiger partial charge in [0.1, 0.15) is 16.8 Å². The molecular formula is C11H9N3O2. The zero-order chi connectivity index (χ0) is 10.8. The fourth-order valence-corrected chi connectivity index (χ4v) is 1.46. The third kappa shape index (κ3) is 1.52. The van der Waals surface area contributed by atoms with Crippen molar-refractivity contribution in [2.75, 3.05) is 0 Å². The van der Waals surface area contributed by atoms with Gasteiger partial charge in [-0.05, 0) is 29.5 Å². The number of rotatable bonds is 3. The van der Waals surface area contributed by atoms with E-state index >= 15 is 0 Å². The first-order valence-corrected chi connectivity index (χ1v) is 4.89. The van der Waals surface area contributed by atoms with Crippen LogP contribution in [0.25, 0.3) is 11.0 Å². The minimum Gasteiger partial charge on any atom is -0.466 e. The Hall–Kier alpha value is -2.30. The summed E-state index contributed by atoms with van der Waals surface area (Å²) in [7, 11) is 0. The molecule has 5 nitrogen and oxygen atoms in total. The van der Waals surface area contributed by atoms with Crippen LogP contribution in [0.2, 0.25) is 0 Å². The van der Waals surface area contributed by atoms with E-state index < -0.39 is 0 Å². The molecule has 0 N–H and O–H groups in total. The summed E-state index contributed by atoms with van der Waals surface area (Å²) in [6, 6.07) is 11.3. The van der Waals surface area contributed by atoms with Crippen molar-refractivity contribution in [2.24, 2.45) is 0 Å². The van der Waals surface area contributed by atoms with E-state index in [2.05, 4.69) is 10.3 Å². The van der Waals surface area contributed by atoms with Gasteiger partial charge in [0.2, 0.25) is 0 Å². The lowest BCUT2D eigenvalue weighted by atomic mass is 10.3. The van der Waals surface area contributed by atoms with E-state index in [-0.39, 0.29) is 0 Å². The minimum absolute atomic E-state index is 0.334. The molecule has 0 aliphatic carbocycles. The highest BCUT2D eigenvalue weighted by Crippen LogP contribution is 2.09. The van der Waals surface area contributed by atoms with E-state index in [0.717, 1.165) is 16.8 Å². The van der Waals surface area contributed by atoms with Crippen molar-refractivity contribution < 1.29 is 9.25 Å². The van der Waals surface area contributed by atoms with Gasteiger partial charge in [-0.2, -0.15) is 0 Å². The van der Waals surface area contributed by atoms with Gasteiger partial charge in [-0.3, -0.25) is 0 Å². The van der Waals surface area contributed by atoms with E-state index in [1.54, 1.807) is 6.26 Å². The average Bonchev–Trinajstić information content (AvgIpc) is 2.96. The quantitative estimate of drug-likeness (QED) is 0.666. The SMILES string of the molecule is c1coc(COn2nnc3ccccc32)c1. The molecule has 0 amide bonds. The van der Waals surface area contributed by atoms with Crippen LogP contribution < -0.4 is 4.84 Å². The molecule has 3 aromatic rings. The number of aromatic nitrogens is 3. The molecule has 0 saturated carbocycles. The molecule has 80 valence electrons. The van der Waals surface area contributed by atoms with Gasteiger partial charge in [0.15, 0.2) is 6.61 Å².